The molecule has 2 aliphatic rings. The van der Waals surface area contributed by atoms with Crippen LogP contribution in [0.2, 0.25) is 0 Å². The van der Waals surface area contributed by atoms with E-state index in [9.17, 15) is 22.0 Å². The standard InChI is InChI=1S/C26H27F2N3O5S2/c1-35-10-11-36-23-9-8-22-25(30-23)37-26(29-22)31-24(32)19(12-15-13-20(27)21(28)14-15)16-2-4-17(5-3-16)38(33,34)18-6-7-18/h2-5,8-9,12,15,18,20-21H,6-7,10-11,13-14H2,1H3,(H,29,31,32)/b19-12+. The second kappa shape index (κ2) is 11.0. The van der Waals surface area contributed by atoms with Crippen molar-refractivity contribution in [3.63, 3.8) is 0 Å². The van der Waals surface area contributed by atoms with Crippen molar-refractivity contribution in [1.29, 1.82) is 0 Å². The van der Waals surface area contributed by atoms with Crippen molar-refractivity contribution in [2.45, 2.75) is 48.2 Å². The second-order valence-corrected chi connectivity index (χ2v) is 12.6. The fourth-order valence-corrected chi connectivity index (χ4v) is 6.85. The lowest BCUT2D eigenvalue weighted by Crippen LogP contribution is -2.15. The number of benzene rings is 1. The van der Waals surface area contributed by atoms with E-state index in [1.807, 2.05) is 0 Å². The minimum absolute atomic E-state index is 0.0248. The maximum absolute atomic E-state index is 13.9. The number of carbonyl (C=O) groups is 1. The minimum atomic E-state index is -3.39. The van der Waals surface area contributed by atoms with Gasteiger partial charge in [-0.25, -0.2) is 27.2 Å². The van der Waals surface area contributed by atoms with E-state index in [4.69, 9.17) is 9.47 Å². The van der Waals surface area contributed by atoms with Gasteiger partial charge >= 0.3 is 0 Å². The van der Waals surface area contributed by atoms with Crippen molar-refractivity contribution in [3.05, 3.63) is 48.0 Å². The topological polar surface area (TPSA) is 107 Å². The molecule has 0 aliphatic heterocycles. The number of amides is 1. The Kier molecular flexibility index (Phi) is 7.73. The number of hydrogen-bond donors (Lipinski definition) is 1. The van der Waals surface area contributed by atoms with Crippen LogP contribution in [0.1, 0.15) is 31.2 Å². The summed E-state index contributed by atoms with van der Waals surface area (Å²) in [4.78, 5) is 23.0. The Labute approximate surface area is 223 Å². The van der Waals surface area contributed by atoms with Crippen molar-refractivity contribution >= 4 is 48.1 Å². The Morgan fingerprint density at radius 1 is 1.08 bits per heavy atom. The molecule has 2 heterocycles. The summed E-state index contributed by atoms with van der Waals surface area (Å²) in [5.74, 6) is -0.587. The van der Waals surface area contributed by atoms with Gasteiger partial charge in [0.15, 0.2) is 15.0 Å². The number of anilines is 1. The number of rotatable bonds is 10. The molecule has 3 aromatic rings. The van der Waals surface area contributed by atoms with Crippen LogP contribution >= 0.6 is 11.3 Å². The molecule has 38 heavy (non-hydrogen) atoms. The molecule has 0 bridgehead atoms. The Hall–Kier alpha value is -2.96. The first kappa shape index (κ1) is 26.6. The van der Waals surface area contributed by atoms with E-state index in [1.165, 1.54) is 12.1 Å². The summed E-state index contributed by atoms with van der Waals surface area (Å²) in [5.41, 5.74) is 1.21. The van der Waals surface area contributed by atoms with Crippen LogP contribution in [-0.2, 0) is 19.4 Å². The van der Waals surface area contributed by atoms with Crippen molar-refractivity contribution in [2.75, 3.05) is 25.6 Å². The molecule has 2 aromatic heterocycles. The molecule has 2 fully saturated rings. The van der Waals surface area contributed by atoms with Gasteiger partial charge in [0.1, 0.15) is 29.3 Å². The summed E-state index contributed by atoms with van der Waals surface area (Å²) < 4.78 is 63.4. The third-order valence-corrected chi connectivity index (χ3v) is 9.70. The fourth-order valence-electron chi connectivity index (χ4n) is 4.37. The van der Waals surface area contributed by atoms with Gasteiger partial charge in [-0.15, -0.1) is 0 Å². The van der Waals surface area contributed by atoms with Crippen LogP contribution in [0.25, 0.3) is 15.9 Å². The summed E-state index contributed by atoms with van der Waals surface area (Å²) in [5, 5.41) is 2.70. The van der Waals surface area contributed by atoms with Gasteiger partial charge < -0.3 is 9.47 Å². The van der Waals surface area contributed by atoms with Crippen LogP contribution in [0.15, 0.2) is 47.4 Å². The average molecular weight is 564 g/mol. The molecule has 2 unspecified atom stereocenters. The molecule has 12 heteroatoms. The van der Waals surface area contributed by atoms with Crippen molar-refractivity contribution in [3.8, 4) is 5.88 Å². The summed E-state index contributed by atoms with van der Waals surface area (Å²) in [6, 6.07) is 9.46. The lowest BCUT2D eigenvalue weighted by molar-refractivity contribution is -0.111. The normalized spacial score (nSPS) is 22.1. The highest BCUT2D eigenvalue weighted by molar-refractivity contribution is 7.92. The highest BCUT2D eigenvalue weighted by Gasteiger charge is 2.37. The molecule has 0 radical (unpaired) electrons. The molecule has 202 valence electrons. The monoisotopic (exact) mass is 563 g/mol. The molecule has 0 saturated heterocycles. The number of carbonyl (C=O) groups excluding carboxylic acids is 1. The molecule has 2 aliphatic carbocycles. The lowest BCUT2D eigenvalue weighted by atomic mass is 9.98. The number of methoxy groups -OCH3 is 1. The van der Waals surface area contributed by atoms with Crippen LogP contribution in [0.3, 0.4) is 0 Å². The van der Waals surface area contributed by atoms with Crippen molar-refractivity contribution in [1.82, 2.24) is 9.97 Å². The number of thiazole rings is 1. The molecule has 8 nitrogen and oxygen atoms in total. The van der Waals surface area contributed by atoms with Crippen LogP contribution in [0.5, 0.6) is 5.88 Å². The molecule has 1 amide bonds. The smallest absolute Gasteiger partial charge is 0.257 e. The number of nitrogens with one attached hydrogen (secondary N) is 1. The van der Waals surface area contributed by atoms with Gasteiger partial charge in [-0.2, -0.15) is 0 Å². The fraction of sp³-hybridized carbons (Fsp3) is 0.423. The van der Waals surface area contributed by atoms with E-state index in [2.05, 4.69) is 15.3 Å². The van der Waals surface area contributed by atoms with E-state index < -0.39 is 34.0 Å². The maximum Gasteiger partial charge on any atom is 0.257 e. The number of alkyl halides is 2. The first-order valence-corrected chi connectivity index (χ1v) is 14.7. The van der Waals surface area contributed by atoms with Gasteiger partial charge in [0, 0.05) is 18.7 Å². The first-order valence-electron chi connectivity index (χ1n) is 12.3. The van der Waals surface area contributed by atoms with Gasteiger partial charge in [0.2, 0.25) is 5.88 Å². The number of fused-ring (bicyclic) bond motifs is 1. The number of pyridine rings is 1. The Morgan fingerprint density at radius 3 is 2.45 bits per heavy atom. The summed E-state index contributed by atoms with van der Waals surface area (Å²) >= 11 is 1.16. The predicted molar refractivity (Wildman–Crippen MR) is 141 cm³/mol. The largest absolute Gasteiger partial charge is 0.475 e. The SMILES string of the molecule is COCCOc1ccc2nc(NC(=O)/C(=C/C3CC(F)C(F)C3)c3ccc(S(=O)(=O)C4CC4)cc3)sc2n1. The number of allylic oxidation sites excluding steroid dienone is 1. The third kappa shape index (κ3) is 5.87. The van der Waals surface area contributed by atoms with E-state index in [1.54, 1.807) is 37.5 Å². The molecular weight excluding hydrogens is 536 g/mol. The molecule has 5 rings (SSSR count). The van der Waals surface area contributed by atoms with E-state index >= 15 is 0 Å². The molecule has 0 spiro atoms. The number of hydrogen-bond acceptors (Lipinski definition) is 8. The van der Waals surface area contributed by atoms with Crippen LogP contribution in [-0.4, -0.2) is 62.2 Å². The van der Waals surface area contributed by atoms with E-state index in [0.29, 0.717) is 53.0 Å². The number of sulfone groups is 1. The number of nitrogens with zero attached hydrogens (tertiary/aromatic N) is 2. The van der Waals surface area contributed by atoms with Gasteiger partial charge in [0.25, 0.3) is 5.91 Å². The van der Waals surface area contributed by atoms with E-state index in [-0.39, 0.29) is 28.6 Å². The zero-order valence-corrected chi connectivity index (χ0v) is 22.2. The highest BCUT2D eigenvalue weighted by atomic mass is 32.2. The molecule has 2 saturated carbocycles. The maximum atomic E-state index is 13.9. The zero-order chi connectivity index (χ0) is 26.9. The Morgan fingerprint density at radius 2 is 1.79 bits per heavy atom. The molecular formula is C26H27F2N3O5S2. The zero-order valence-electron chi connectivity index (χ0n) is 20.6. The summed E-state index contributed by atoms with van der Waals surface area (Å²) in [6.45, 7) is 0.757. The summed E-state index contributed by atoms with van der Waals surface area (Å²) in [6.07, 6.45) is -0.354. The van der Waals surface area contributed by atoms with Crippen molar-refractivity contribution in [2.24, 2.45) is 5.92 Å². The number of aromatic nitrogens is 2. The third-order valence-electron chi connectivity index (χ3n) is 6.54. The van der Waals surface area contributed by atoms with Crippen LogP contribution in [0, 0.1) is 5.92 Å². The van der Waals surface area contributed by atoms with Crippen LogP contribution in [0.4, 0.5) is 13.9 Å². The van der Waals surface area contributed by atoms with Gasteiger partial charge in [-0.05, 0) is 55.4 Å². The average Bonchev–Trinajstić information content (AvgIpc) is 3.61. The highest BCUT2D eigenvalue weighted by Crippen LogP contribution is 2.36. The number of halogens is 2. The molecule has 2 atom stereocenters. The van der Waals surface area contributed by atoms with Crippen LogP contribution < -0.4 is 10.1 Å². The molecule has 1 aromatic carbocycles. The second-order valence-electron chi connectivity index (χ2n) is 9.40. The van der Waals surface area contributed by atoms with Gasteiger partial charge in [-0.3, -0.25) is 10.1 Å². The van der Waals surface area contributed by atoms with E-state index in [0.717, 1.165) is 11.3 Å². The van der Waals surface area contributed by atoms with Crippen molar-refractivity contribution < 1.29 is 31.5 Å². The minimum Gasteiger partial charge on any atom is -0.475 e. The predicted octanol–water partition coefficient (Wildman–Crippen LogP) is 4.76. The van der Waals surface area contributed by atoms with Gasteiger partial charge in [0.05, 0.1) is 16.8 Å². The Balaban J connectivity index is 1.39. The quantitative estimate of drug-likeness (QED) is 0.280. The Bertz CT molecular complexity index is 1450. The lowest BCUT2D eigenvalue weighted by Gasteiger charge is -2.12. The van der Waals surface area contributed by atoms with Gasteiger partial charge in [-0.1, -0.05) is 29.5 Å². The first-order chi connectivity index (χ1) is 18.2. The summed E-state index contributed by atoms with van der Waals surface area (Å²) in [7, 11) is -1.82. The number of ether oxygens (including phenoxy) is 2. The molecule has 1 N–H and O–H groups in total.